The normalized spacial score (nSPS) is 34.2. The summed E-state index contributed by atoms with van der Waals surface area (Å²) in [5, 5.41) is 8.75. The second-order valence-corrected chi connectivity index (χ2v) is 3.65. The summed E-state index contributed by atoms with van der Waals surface area (Å²) in [4.78, 5) is 14.9. The average molecular weight is 167 g/mol. The zero-order chi connectivity index (χ0) is 8.55. The number of hydrogen-bond donors (Lipinski definition) is 1. The molecule has 1 saturated carbocycles. The number of carbonyl (C=O) groups is 1. The molecule has 66 valence electrons. The summed E-state index contributed by atoms with van der Waals surface area (Å²) in [6.45, 7) is 0. The Hall–Kier alpha value is -0.860. The van der Waals surface area contributed by atoms with Crippen LogP contribution in [0, 0.1) is 5.92 Å². The standard InChI is InChI=1S/C9H13NO2/c11-9(12)8-5-6-3-1-2-4-7(6)10-8/h6,8H,1-5H2,(H,11,12)/t6-,8-/m0/s1. The summed E-state index contributed by atoms with van der Waals surface area (Å²) in [6, 6.07) is -0.428. The van der Waals surface area contributed by atoms with Crippen LogP contribution in [0.25, 0.3) is 0 Å². The highest BCUT2D eigenvalue weighted by Crippen LogP contribution is 2.31. The minimum atomic E-state index is -0.753. The molecule has 1 heterocycles. The molecule has 1 aliphatic carbocycles. The van der Waals surface area contributed by atoms with Gasteiger partial charge in [-0.2, -0.15) is 0 Å². The third-order valence-corrected chi connectivity index (χ3v) is 2.82. The number of hydrogen-bond acceptors (Lipinski definition) is 2. The molecule has 1 N–H and O–H groups in total. The molecule has 0 spiro atoms. The fourth-order valence-corrected chi connectivity index (χ4v) is 2.17. The average Bonchev–Trinajstić information content (AvgIpc) is 2.46. The van der Waals surface area contributed by atoms with E-state index < -0.39 is 12.0 Å². The highest BCUT2D eigenvalue weighted by molar-refractivity contribution is 5.93. The van der Waals surface area contributed by atoms with Gasteiger partial charge in [0.25, 0.3) is 0 Å². The van der Waals surface area contributed by atoms with Gasteiger partial charge in [0.1, 0.15) is 6.04 Å². The lowest BCUT2D eigenvalue weighted by molar-refractivity contribution is -0.138. The third kappa shape index (κ3) is 1.24. The van der Waals surface area contributed by atoms with E-state index in [1.54, 1.807) is 0 Å². The molecule has 2 rings (SSSR count). The van der Waals surface area contributed by atoms with E-state index in [1.165, 1.54) is 18.6 Å². The summed E-state index contributed by atoms with van der Waals surface area (Å²) < 4.78 is 0. The van der Waals surface area contributed by atoms with Crippen LogP contribution in [0.3, 0.4) is 0 Å². The Labute approximate surface area is 71.5 Å². The molecule has 0 bridgehead atoms. The van der Waals surface area contributed by atoms with E-state index in [2.05, 4.69) is 4.99 Å². The SMILES string of the molecule is O=C(O)[C@@H]1C[C@@H]2CCCCC2=N1. The highest BCUT2D eigenvalue weighted by Gasteiger charge is 2.33. The Morgan fingerprint density at radius 3 is 3.00 bits per heavy atom. The van der Waals surface area contributed by atoms with Gasteiger partial charge in [0.05, 0.1) is 0 Å². The van der Waals surface area contributed by atoms with E-state index in [1.807, 2.05) is 0 Å². The van der Waals surface area contributed by atoms with Crippen LogP contribution in [0.2, 0.25) is 0 Å². The highest BCUT2D eigenvalue weighted by atomic mass is 16.4. The lowest BCUT2D eigenvalue weighted by atomic mass is 9.86. The van der Waals surface area contributed by atoms with E-state index in [4.69, 9.17) is 5.11 Å². The quantitative estimate of drug-likeness (QED) is 0.643. The van der Waals surface area contributed by atoms with Crippen molar-refractivity contribution in [3.05, 3.63) is 0 Å². The van der Waals surface area contributed by atoms with Gasteiger partial charge in [0.2, 0.25) is 0 Å². The summed E-state index contributed by atoms with van der Waals surface area (Å²) in [5.41, 5.74) is 1.17. The zero-order valence-electron chi connectivity index (χ0n) is 6.99. The van der Waals surface area contributed by atoms with Gasteiger partial charge in [-0.15, -0.1) is 0 Å². The van der Waals surface area contributed by atoms with Crippen molar-refractivity contribution in [2.45, 2.75) is 38.1 Å². The van der Waals surface area contributed by atoms with Gasteiger partial charge in [0.15, 0.2) is 0 Å². The van der Waals surface area contributed by atoms with Crippen LogP contribution in [0.4, 0.5) is 0 Å². The molecule has 3 heteroatoms. The molecular weight excluding hydrogens is 154 g/mol. The second-order valence-electron chi connectivity index (χ2n) is 3.65. The molecule has 0 aromatic rings. The van der Waals surface area contributed by atoms with Crippen LogP contribution in [-0.2, 0) is 4.79 Å². The van der Waals surface area contributed by atoms with Crippen LogP contribution in [-0.4, -0.2) is 22.8 Å². The smallest absolute Gasteiger partial charge is 0.328 e. The minimum Gasteiger partial charge on any atom is -0.480 e. The summed E-state index contributed by atoms with van der Waals surface area (Å²) in [5.74, 6) is -0.253. The minimum absolute atomic E-state index is 0.428. The zero-order valence-corrected chi connectivity index (χ0v) is 6.99. The van der Waals surface area contributed by atoms with Crippen molar-refractivity contribution in [1.82, 2.24) is 0 Å². The number of fused-ring (bicyclic) bond motifs is 1. The fraction of sp³-hybridized carbons (Fsp3) is 0.778. The fourth-order valence-electron chi connectivity index (χ4n) is 2.17. The van der Waals surface area contributed by atoms with Crippen molar-refractivity contribution < 1.29 is 9.90 Å². The van der Waals surface area contributed by atoms with Crippen LogP contribution in [0.1, 0.15) is 32.1 Å². The first-order valence-corrected chi connectivity index (χ1v) is 4.57. The van der Waals surface area contributed by atoms with Crippen molar-refractivity contribution >= 4 is 11.7 Å². The third-order valence-electron chi connectivity index (χ3n) is 2.82. The number of aliphatic carboxylic acids is 1. The molecule has 0 aromatic carbocycles. The molecule has 2 aliphatic rings. The molecule has 1 aliphatic heterocycles. The van der Waals surface area contributed by atoms with E-state index in [0.29, 0.717) is 5.92 Å². The predicted molar refractivity (Wildman–Crippen MR) is 45.4 cm³/mol. The van der Waals surface area contributed by atoms with Gasteiger partial charge in [-0.1, -0.05) is 6.42 Å². The summed E-state index contributed by atoms with van der Waals surface area (Å²) in [6.07, 6.45) is 5.39. The Balaban J connectivity index is 2.09. The molecule has 0 amide bonds. The van der Waals surface area contributed by atoms with Crippen LogP contribution in [0.5, 0.6) is 0 Å². The first-order valence-electron chi connectivity index (χ1n) is 4.57. The monoisotopic (exact) mass is 167 g/mol. The molecular formula is C9H13NO2. The maximum absolute atomic E-state index is 10.6. The number of carboxylic acids is 1. The van der Waals surface area contributed by atoms with Gasteiger partial charge in [0, 0.05) is 5.71 Å². The molecule has 0 radical (unpaired) electrons. The van der Waals surface area contributed by atoms with Crippen molar-refractivity contribution in [1.29, 1.82) is 0 Å². The van der Waals surface area contributed by atoms with Gasteiger partial charge in [-0.05, 0) is 31.6 Å². The summed E-state index contributed by atoms with van der Waals surface area (Å²) in [7, 11) is 0. The molecule has 3 nitrogen and oxygen atoms in total. The lowest BCUT2D eigenvalue weighted by Gasteiger charge is -2.17. The second kappa shape index (κ2) is 2.88. The Morgan fingerprint density at radius 2 is 2.33 bits per heavy atom. The van der Waals surface area contributed by atoms with Crippen LogP contribution in [0.15, 0.2) is 4.99 Å². The Kier molecular flexibility index (Phi) is 1.87. The Bertz CT molecular complexity index is 235. The largest absolute Gasteiger partial charge is 0.480 e. The van der Waals surface area contributed by atoms with Crippen molar-refractivity contribution in [2.75, 3.05) is 0 Å². The molecule has 0 unspecified atom stereocenters. The molecule has 12 heavy (non-hydrogen) atoms. The summed E-state index contributed by atoms with van der Waals surface area (Å²) >= 11 is 0. The van der Waals surface area contributed by atoms with Gasteiger partial charge in [-0.25, -0.2) is 4.79 Å². The first kappa shape index (κ1) is 7.77. The maximum atomic E-state index is 10.6. The van der Waals surface area contributed by atoms with Crippen molar-refractivity contribution in [3.63, 3.8) is 0 Å². The molecule has 1 fully saturated rings. The number of rotatable bonds is 1. The van der Waals surface area contributed by atoms with Crippen molar-refractivity contribution in [2.24, 2.45) is 10.9 Å². The van der Waals surface area contributed by atoms with Gasteiger partial charge >= 0.3 is 5.97 Å². The Morgan fingerprint density at radius 1 is 1.50 bits per heavy atom. The molecule has 0 saturated heterocycles. The van der Waals surface area contributed by atoms with E-state index in [-0.39, 0.29) is 0 Å². The first-order chi connectivity index (χ1) is 5.77. The molecule has 2 atom stereocenters. The van der Waals surface area contributed by atoms with E-state index >= 15 is 0 Å². The topological polar surface area (TPSA) is 49.7 Å². The van der Waals surface area contributed by atoms with Crippen LogP contribution < -0.4 is 0 Å². The number of nitrogens with zero attached hydrogens (tertiary/aromatic N) is 1. The predicted octanol–water partition coefficient (Wildman–Crippen LogP) is 1.47. The maximum Gasteiger partial charge on any atom is 0.328 e. The van der Waals surface area contributed by atoms with Crippen LogP contribution >= 0.6 is 0 Å². The molecule has 0 aromatic heterocycles. The number of aliphatic imine (C=N–C) groups is 1. The van der Waals surface area contributed by atoms with E-state index in [9.17, 15) is 4.79 Å². The number of carboxylic acid groups (broad SMARTS) is 1. The van der Waals surface area contributed by atoms with E-state index in [0.717, 1.165) is 19.3 Å². The van der Waals surface area contributed by atoms with Gasteiger partial charge in [-0.3, -0.25) is 4.99 Å². The van der Waals surface area contributed by atoms with Gasteiger partial charge < -0.3 is 5.11 Å². The lowest BCUT2D eigenvalue weighted by Crippen LogP contribution is -2.17. The van der Waals surface area contributed by atoms with Crippen molar-refractivity contribution in [3.8, 4) is 0 Å².